The summed E-state index contributed by atoms with van der Waals surface area (Å²) >= 11 is 0. The Balaban J connectivity index is 0.00000312. The molecule has 2 rings (SSSR count). The number of rotatable bonds is 7. The van der Waals surface area contributed by atoms with E-state index in [0.717, 1.165) is 31.9 Å². The highest BCUT2D eigenvalue weighted by molar-refractivity contribution is 14.0. The molecule has 0 radical (unpaired) electrons. The summed E-state index contributed by atoms with van der Waals surface area (Å²) < 4.78 is 0. The van der Waals surface area contributed by atoms with Crippen molar-refractivity contribution in [2.24, 2.45) is 4.99 Å². The Morgan fingerprint density at radius 1 is 1.04 bits per heavy atom. The molecule has 0 atom stereocenters. The summed E-state index contributed by atoms with van der Waals surface area (Å²) in [6.07, 6.45) is 1.99. The summed E-state index contributed by atoms with van der Waals surface area (Å²) in [7, 11) is 0. The molecule has 25 heavy (non-hydrogen) atoms. The highest BCUT2D eigenvalue weighted by Gasteiger charge is 2.00. The molecule has 0 aliphatic carbocycles. The van der Waals surface area contributed by atoms with Crippen molar-refractivity contribution in [3.8, 4) is 5.75 Å². The van der Waals surface area contributed by atoms with Crippen molar-refractivity contribution in [3.63, 3.8) is 0 Å². The second-order valence-corrected chi connectivity index (χ2v) is 5.82. The first-order valence-electron chi connectivity index (χ1n) is 8.53. The van der Waals surface area contributed by atoms with Crippen LogP contribution in [0.3, 0.4) is 0 Å². The van der Waals surface area contributed by atoms with Crippen LogP contribution in [-0.4, -0.2) is 24.2 Å². The van der Waals surface area contributed by atoms with Crippen LogP contribution < -0.4 is 10.6 Å². The molecule has 0 heterocycles. The van der Waals surface area contributed by atoms with Gasteiger partial charge in [0.15, 0.2) is 5.96 Å². The molecule has 0 aliphatic rings. The van der Waals surface area contributed by atoms with Crippen molar-refractivity contribution < 1.29 is 5.11 Å². The second kappa shape index (κ2) is 11.7. The lowest BCUT2D eigenvalue weighted by molar-refractivity contribution is 0.475. The number of aliphatic imine (C=N–C) groups is 1. The van der Waals surface area contributed by atoms with E-state index in [0.29, 0.717) is 12.3 Å². The van der Waals surface area contributed by atoms with Gasteiger partial charge < -0.3 is 15.7 Å². The average Bonchev–Trinajstić information content (AvgIpc) is 2.59. The molecule has 0 aliphatic heterocycles. The van der Waals surface area contributed by atoms with Gasteiger partial charge in [0, 0.05) is 13.1 Å². The summed E-state index contributed by atoms with van der Waals surface area (Å²) in [6.45, 7) is 6.57. The van der Waals surface area contributed by atoms with Crippen LogP contribution in [0.1, 0.15) is 30.0 Å². The Labute approximate surface area is 167 Å². The summed E-state index contributed by atoms with van der Waals surface area (Å²) in [5, 5.41) is 16.0. The first-order valence-corrected chi connectivity index (χ1v) is 8.53. The van der Waals surface area contributed by atoms with Gasteiger partial charge >= 0.3 is 0 Å². The van der Waals surface area contributed by atoms with Crippen molar-refractivity contribution in [3.05, 3.63) is 65.2 Å². The van der Waals surface area contributed by atoms with Crippen molar-refractivity contribution in [2.75, 3.05) is 13.1 Å². The number of benzene rings is 2. The summed E-state index contributed by atoms with van der Waals surface area (Å²) in [6, 6.07) is 15.7. The number of phenols is 1. The van der Waals surface area contributed by atoms with Gasteiger partial charge in [-0.2, -0.15) is 0 Å². The predicted octanol–water partition coefficient (Wildman–Crippen LogP) is 4.01. The standard InChI is InChI=1S/C20H27N3O.HI/c1-3-21-20(23-15-18-9-5-4-7-16(18)2)22-14-6-8-17-10-12-19(24)13-11-17;/h4-5,7,9-13,24H,3,6,8,14-15H2,1-2H3,(H2,21,22,23);1H. The summed E-state index contributed by atoms with van der Waals surface area (Å²) in [5.41, 5.74) is 3.75. The fraction of sp³-hybridized carbons (Fsp3) is 0.350. The van der Waals surface area contributed by atoms with Crippen LogP contribution in [0.5, 0.6) is 5.75 Å². The van der Waals surface area contributed by atoms with Gasteiger partial charge in [-0.25, -0.2) is 4.99 Å². The molecule has 4 nitrogen and oxygen atoms in total. The lowest BCUT2D eigenvalue weighted by Crippen LogP contribution is -2.37. The van der Waals surface area contributed by atoms with E-state index in [-0.39, 0.29) is 24.0 Å². The van der Waals surface area contributed by atoms with E-state index in [4.69, 9.17) is 0 Å². The second-order valence-electron chi connectivity index (χ2n) is 5.82. The van der Waals surface area contributed by atoms with E-state index in [1.165, 1.54) is 16.7 Å². The molecule has 0 aromatic heterocycles. The molecule has 0 spiro atoms. The quantitative estimate of drug-likeness (QED) is 0.257. The highest BCUT2D eigenvalue weighted by atomic mass is 127. The van der Waals surface area contributed by atoms with E-state index in [1.807, 2.05) is 12.1 Å². The molecule has 0 fully saturated rings. The zero-order chi connectivity index (χ0) is 17.2. The number of aromatic hydroxyl groups is 1. The maximum absolute atomic E-state index is 9.30. The molecule has 0 bridgehead atoms. The van der Waals surface area contributed by atoms with Crippen LogP contribution in [-0.2, 0) is 13.0 Å². The Hall–Kier alpha value is -1.76. The Morgan fingerprint density at radius 3 is 2.44 bits per heavy atom. The van der Waals surface area contributed by atoms with Gasteiger partial charge in [-0.05, 0) is 55.5 Å². The van der Waals surface area contributed by atoms with Crippen LogP contribution in [0.25, 0.3) is 0 Å². The van der Waals surface area contributed by atoms with Gasteiger partial charge in [0.2, 0.25) is 0 Å². The lowest BCUT2D eigenvalue weighted by atomic mass is 10.1. The van der Waals surface area contributed by atoms with Gasteiger partial charge in [-0.3, -0.25) is 0 Å². The molecule has 3 N–H and O–H groups in total. The Kier molecular flexibility index (Phi) is 9.99. The van der Waals surface area contributed by atoms with Crippen molar-refractivity contribution in [1.29, 1.82) is 0 Å². The fourth-order valence-corrected chi connectivity index (χ4v) is 2.46. The number of hydrogen-bond acceptors (Lipinski definition) is 2. The molecule has 136 valence electrons. The van der Waals surface area contributed by atoms with Gasteiger partial charge in [-0.15, -0.1) is 24.0 Å². The first-order chi connectivity index (χ1) is 11.7. The third kappa shape index (κ3) is 7.77. The highest BCUT2D eigenvalue weighted by Crippen LogP contribution is 2.11. The summed E-state index contributed by atoms with van der Waals surface area (Å²) in [5.74, 6) is 1.17. The molecule has 2 aromatic carbocycles. The van der Waals surface area contributed by atoms with Crippen LogP contribution in [0.4, 0.5) is 0 Å². The minimum absolute atomic E-state index is 0. The fourth-order valence-electron chi connectivity index (χ4n) is 2.46. The monoisotopic (exact) mass is 453 g/mol. The number of nitrogens with zero attached hydrogens (tertiary/aromatic N) is 1. The van der Waals surface area contributed by atoms with Crippen molar-refractivity contribution in [2.45, 2.75) is 33.2 Å². The number of hydrogen-bond donors (Lipinski definition) is 3. The van der Waals surface area contributed by atoms with Crippen molar-refractivity contribution in [1.82, 2.24) is 10.6 Å². The van der Waals surface area contributed by atoms with E-state index < -0.39 is 0 Å². The van der Waals surface area contributed by atoms with Gasteiger partial charge in [0.1, 0.15) is 5.75 Å². The predicted molar refractivity (Wildman–Crippen MR) is 116 cm³/mol. The zero-order valence-electron chi connectivity index (χ0n) is 15.0. The third-order valence-corrected chi connectivity index (χ3v) is 3.88. The van der Waals surface area contributed by atoms with E-state index in [1.54, 1.807) is 12.1 Å². The van der Waals surface area contributed by atoms with E-state index in [9.17, 15) is 5.11 Å². The molecular weight excluding hydrogens is 425 g/mol. The molecule has 0 saturated carbocycles. The minimum atomic E-state index is 0. The minimum Gasteiger partial charge on any atom is -0.508 e. The van der Waals surface area contributed by atoms with Gasteiger partial charge in [0.05, 0.1) is 6.54 Å². The SMILES string of the molecule is CCNC(=NCc1ccccc1C)NCCCc1ccc(O)cc1.I. The number of halogens is 1. The van der Waals surface area contributed by atoms with Crippen LogP contribution in [0, 0.1) is 6.92 Å². The zero-order valence-corrected chi connectivity index (χ0v) is 17.3. The topological polar surface area (TPSA) is 56.7 Å². The van der Waals surface area contributed by atoms with Crippen LogP contribution >= 0.6 is 24.0 Å². The number of nitrogens with one attached hydrogen (secondary N) is 2. The van der Waals surface area contributed by atoms with E-state index >= 15 is 0 Å². The van der Waals surface area contributed by atoms with Crippen molar-refractivity contribution >= 4 is 29.9 Å². The van der Waals surface area contributed by atoms with Gasteiger partial charge in [0.25, 0.3) is 0 Å². The molecule has 0 amide bonds. The molecule has 0 unspecified atom stereocenters. The largest absolute Gasteiger partial charge is 0.508 e. The normalized spacial score (nSPS) is 10.9. The number of phenolic OH excluding ortho intramolecular Hbond substituents is 1. The van der Waals surface area contributed by atoms with E-state index in [2.05, 4.69) is 53.7 Å². The summed E-state index contributed by atoms with van der Waals surface area (Å²) in [4.78, 5) is 4.66. The average molecular weight is 453 g/mol. The van der Waals surface area contributed by atoms with Crippen LogP contribution in [0.15, 0.2) is 53.5 Å². The molecule has 0 saturated heterocycles. The number of aryl methyl sites for hydroxylation is 2. The van der Waals surface area contributed by atoms with Gasteiger partial charge in [-0.1, -0.05) is 36.4 Å². The Morgan fingerprint density at radius 2 is 1.76 bits per heavy atom. The third-order valence-electron chi connectivity index (χ3n) is 3.88. The number of guanidine groups is 1. The molecular formula is C20H28IN3O. The smallest absolute Gasteiger partial charge is 0.191 e. The first kappa shape index (κ1) is 21.3. The maximum Gasteiger partial charge on any atom is 0.191 e. The Bertz CT molecular complexity index is 656. The molecule has 5 heteroatoms. The maximum atomic E-state index is 9.30. The molecule has 2 aromatic rings. The lowest BCUT2D eigenvalue weighted by Gasteiger charge is -2.12. The van der Waals surface area contributed by atoms with Crippen LogP contribution in [0.2, 0.25) is 0 Å².